The normalized spacial score (nSPS) is 12.2. The van der Waals surface area contributed by atoms with Gasteiger partial charge in [-0.25, -0.2) is 15.0 Å². The van der Waals surface area contributed by atoms with Crippen LogP contribution in [0.4, 0.5) is 0 Å². The molecule has 418 valence electrons. The SMILES string of the molecule is c1ccc(-c2nc(-c3cc4c(oc5ccccc54)c(-n4c5ccccc5c5ccccc54)c3-n3c4ccccc4c4ccccc43)nc(-c3cc4c(oc5ccccc54)c(-n4c5ccccc5c5ccccc54)c3-n3c4ccccc4c4ccccc43)n2)cc1. The second kappa shape index (κ2) is 18.6. The summed E-state index contributed by atoms with van der Waals surface area (Å²) in [6.45, 7) is 0. The van der Waals surface area contributed by atoms with E-state index in [1.807, 2.05) is 18.2 Å². The van der Waals surface area contributed by atoms with Crippen molar-refractivity contribution in [2.75, 3.05) is 0 Å². The monoisotopic (exact) mass is 1150 g/mol. The number of para-hydroxylation sites is 10. The lowest BCUT2D eigenvalue weighted by Crippen LogP contribution is -2.10. The van der Waals surface area contributed by atoms with Gasteiger partial charge in [-0.2, -0.15) is 0 Å². The summed E-state index contributed by atoms with van der Waals surface area (Å²) >= 11 is 0. The molecule has 7 aromatic heterocycles. The largest absolute Gasteiger partial charge is 0.454 e. The Balaban J connectivity index is 1.02. The highest BCUT2D eigenvalue weighted by Gasteiger charge is 2.33. The van der Waals surface area contributed by atoms with Crippen LogP contribution in [0.1, 0.15) is 0 Å². The Morgan fingerprint density at radius 1 is 0.211 bits per heavy atom. The fourth-order valence-corrected chi connectivity index (χ4v) is 14.9. The number of furan rings is 2. The van der Waals surface area contributed by atoms with Gasteiger partial charge in [-0.15, -0.1) is 0 Å². The second-order valence-electron chi connectivity index (χ2n) is 23.3. The molecule has 13 aromatic carbocycles. The van der Waals surface area contributed by atoms with Gasteiger partial charge in [0.05, 0.1) is 55.5 Å². The highest BCUT2D eigenvalue weighted by Crippen LogP contribution is 2.51. The molecule has 20 rings (SSSR count). The van der Waals surface area contributed by atoms with E-state index in [1.165, 1.54) is 0 Å². The number of rotatable bonds is 7. The molecule has 0 saturated heterocycles. The van der Waals surface area contributed by atoms with E-state index in [2.05, 4.69) is 285 Å². The van der Waals surface area contributed by atoms with Crippen LogP contribution in [-0.4, -0.2) is 33.2 Å². The van der Waals surface area contributed by atoms with E-state index in [0.717, 1.165) is 171 Å². The summed E-state index contributed by atoms with van der Waals surface area (Å²) in [5, 5.41) is 12.8. The topological polar surface area (TPSA) is 84.7 Å². The highest BCUT2D eigenvalue weighted by atomic mass is 16.3. The molecule has 90 heavy (non-hydrogen) atoms. The third-order valence-corrected chi connectivity index (χ3v) is 18.6. The predicted octanol–water partition coefficient (Wildman–Crippen LogP) is 21.1. The molecule has 0 aliphatic rings. The first-order valence-corrected chi connectivity index (χ1v) is 30.4. The molecule has 7 heterocycles. The van der Waals surface area contributed by atoms with Crippen molar-refractivity contribution in [3.8, 4) is 56.9 Å². The summed E-state index contributed by atoms with van der Waals surface area (Å²) < 4.78 is 24.4. The average molecular weight is 1150 g/mol. The van der Waals surface area contributed by atoms with Crippen molar-refractivity contribution < 1.29 is 8.83 Å². The zero-order valence-electron chi connectivity index (χ0n) is 48.1. The van der Waals surface area contributed by atoms with E-state index >= 15 is 0 Å². The van der Waals surface area contributed by atoms with Crippen molar-refractivity contribution >= 4 is 131 Å². The Hall–Kier alpha value is -12.3. The van der Waals surface area contributed by atoms with Crippen LogP contribution in [0.25, 0.3) is 188 Å². The number of nitrogens with zero attached hydrogens (tertiary/aromatic N) is 7. The van der Waals surface area contributed by atoms with Gasteiger partial charge < -0.3 is 27.1 Å². The number of hydrogen-bond acceptors (Lipinski definition) is 5. The van der Waals surface area contributed by atoms with E-state index in [0.29, 0.717) is 17.5 Å². The molecule has 0 atom stereocenters. The van der Waals surface area contributed by atoms with E-state index in [-0.39, 0.29) is 0 Å². The summed E-state index contributed by atoms with van der Waals surface area (Å²) in [5.41, 5.74) is 17.1. The summed E-state index contributed by atoms with van der Waals surface area (Å²) in [4.78, 5) is 17.7. The smallest absolute Gasteiger partial charge is 0.166 e. The van der Waals surface area contributed by atoms with Crippen molar-refractivity contribution in [2.45, 2.75) is 0 Å². The number of benzene rings is 13. The second-order valence-corrected chi connectivity index (χ2v) is 23.3. The van der Waals surface area contributed by atoms with Gasteiger partial charge in [0.2, 0.25) is 0 Å². The third-order valence-electron chi connectivity index (χ3n) is 18.6. The molecule has 9 nitrogen and oxygen atoms in total. The maximum absolute atomic E-state index is 7.35. The van der Waals surface area contributed by atoms with Crippen LogP contribution in [-0.2, 0) is 0 Å². The van der Waals surface area contributed by atoms with E-state index in [4.69, 9.17) is 23.8 Å². The number of fused-ring (bicyclic) bond motifs is 18. The molecule has 0 amide bonds. The van der Waals surface area contributed by atoms with Crippen molar-refractivity contribution in [2.24, 2.45) is 0 Å². The molecule has 9 heteroatoms. The lowest BCUT2D eigenvalue weighted by atomic mass is 10.0. The first kappa shape index (κ1) is 48.9. The van der Waals surface area contributed by atoms with Gasteiger partial charge >= 0.3 is 0 Å². The molecular formula is C81H47N7O2. The standard InChI is InChI=1S/C81H47N7O2/c1-2-24-48(25-3-1)79-82-80(61-46-59-57-34-12-22-44-71(57)89-77(59)75(87-67-40-18-8-30-53(67)54-31-9-19-41-68(54)87)73(61)85-63-36-14-4-26-49(63)50-27-5-15-37-64(50)85)84-81(83-79)62-47-60-58-35-13-23-45-72(58)90-78(60)76(88-69-42-20-10-32-55(69)56-33-11-21-43-70(56)88)74(62)86-65-38-16-6-28-51(65)52-29-7-17-39-66(52)86/h1-47H. The van der Waals surface area contributed by atoms with Crippen molar-refractivity contribution in [1.29, 1.82) is 0 Å². The van der Waals surface area contributed by atoms with Crippen molar-refractivity contribution in [3.05, 3.63) is 285 Å². The Kier molecular flexibility index (Phi) is 10.1. The van der Waals surface area contributed by atoms with Crippen LogP contribution in [0.15, 0.2) is 294 Å². The fourth-order valence-electron chi connectivity index (χ4n) is 14.9. The minimum absolute atomic E-state index is 0.480. The van der Waals surface area contributed by atoms with Gasteiger partial charge in [0.25, 0.3) is 0 Å². The summed E-state index contributed by atoms with van der Waals surface area (Å²) in [6, 6.07) is 101. The molecule has 20 aromatic rings. The minimum atomic E-state index is 0.480. The fraction of sp³-hybridized carbons (Fsp3) is 0. The Morgan fingerprint density at radius 2 is 0.456 bits per heavy atom. The van der Waals surface area contributed by atoms with Gasteiger partial charge in [0, 0.05) is 81.3 Å². The first-order valence-electron chi connectivity index (χ1n) is 30.4. The zero-order chi connectivity index (χ0) is 58.7. The van der Waals surface area contributed by atoms with E-state index in [1.54, 1.807) is 0 Å². The molecule has 0 fully saturated rings. The van der Waals surface area contributed by atoms with Crippen LogP contribution in [0.3, 0.4) is 0 Å². The third kappa shape index (κ3) is 6.77. The number of hydrogen-bond donors (Lipinski definition) is 0. The first-order chi connectivity index (χ1) is 44.7. The maximum atomic E-state index is 7.35. The number of aromatic nitrogens is 7. The van der Waals surface area contributed by atoms with Gasteiger partial charge in [0.1, 0.15) is 22.5 Å². The Morgan fingerprint density at radius 3 is 0.767 bits per heavy atom. The van der Waals surface area contributed by atoms with Crippen molar-refractivity contribution in [3.63, 3.8) is 0 Å². The summed E-state index contributed by atoms with van der Waals surface area (Å²) in [7, 11) is 0. The molecule has 0 aliphatic carbocycles. The van der Waals surface area contributed by atoms with Gasteiger partial charge in [-0.1, -0.05) is 212 Å². The maximum Gasteiger partial charge on any atom is 0.166 e. The molecule has 0 bridgehead atoms. The minimum Gasteiger partial charge on any atom is -0.454 e. The average Bonchev–Trinajstić information content (AvgIpc) is 1.58. The molecule has 0 saturated carbocycles. The van der Waals surface area contributed by atoms with Gasteiger partial charge in [0.15, 0.2) is 28.6 Å². The van der Waals surface area contributed by atoms with Crippen LogP contribution in [0.2, 0.25) is 0 Å². The Bertz CT molecular complexity index is 5850. The molecule has 0 aliphatic heterocycles. The van der Waals surface area contributed by atoms with Crippen LogP contribution >= 0.6 is 0 Å². The van der Waals surface area contributed by atoms with Crippen LogP contribution in [0, 0.1) is 0 Å². The van der Waals surface area contributed by atoms with E-state index < -0.39 is 0 Å². The molecular weight excluding hydrogens is 1100 g/mol. The lowest BCUT2D eigenvalue weighted by molar-refractivity contribution is 0.665. The van der Waals surface area contributed by atoms with Gasteiger partial charge in [-0.05, 0) is 72.8 Å². The summed E-state index contributed by atoms with van der Waals surface area (Å²) in [5.74, 6) is 1.48. The molecule has 0 spiro atoms. The summed E-state index contributed by atoms with van der Waals surface area (Å²) in [6.07, 6.45) is 0. The molecule has 0 N–H and O–H groups in total. The quantitative estimate of drug-likeness (QED) is 0.159. The Labute approximate surface area is 512 Å². The highest BCUT2D eigenvalue weighted by molar-refractivity contribution is 6.20. The predicted molar refractivity (Wildman–Crippen MR) is 368 cm³/mol. The van der Waals surface area contributed by atoms with Crippen LogP contribution in [0.5, 0.6) is 0 Å². The lowest BCUT2D eigenvalue weighted by Gasteiger charge is -2.22. The molecule has 0 radical (unpaired) electrons. The van der Waals surface area contributed by atoms with Crippen LogP contribution < -0.4 is 0 Å². The zero-order valence-corrected chi connectivity index (χ0v) is 48.1. The van der Waals surface area contributed by atoms with E-state index in [9.17, 15) is 0 Å². The molecule has 0 unspecified atom stereocenters. The van der Waals surface area contributed by atoms with Gasteiger partial charge in [-0.3, -0.25) is 0 Å². The van der Waals surface area contributed by atoms with Crippen molar-refractivity contribution in [1.82, 2.24) is 33.2 Å².